The molecule has 0 N–H and O–H groups in total. The number of hydrogen-bond acceptors (Lipinski definition) is 1. The van der Waals surface area contributed by atoms with Gasteiger partial charge in [-0.2, -0.15) is 13.2 Å². The summed E-state index contributed by atoms with van der Waals surface area (Å²) in [6.45, 7) is 3.78. The van der Waals surface area contributed by atoms with Gasteiger partial charge in [0.25, 0.3) is 0 Å². The van der Waals surface area contributed by atoms with Crippen molar-refractivity contribution < 1.29 is 17.9 Å². The Hall–Kier alpha value is -1.20. The standard InChI is InChI=1S/C14H8BrClF3O/c1-8-6-10(3-4-11(8)15)20-13-5-2-9(7-12(13)16)14(17,18)19/h2-7H,1H2. The monoisotopic (exact) mass is 363 g/mol. The molecule has 0 amide bonds. The lowest BCUT2D eigenvalue weighted by Crippen LogP contribution is -2.04. The van der Waals surface area contributed by atoms with Crippen LogP contribution in [-0.2, 0) is 6.18 Å². The van der Waals surface area contributed by atoms with Crippen LogP contribution in [0, 0.1) is 6.92 Å². The summed E-state index contributed by atoms with van der Waals surface area (Å²) in [4.78, 5) is 0. The summed E-state index contributed by atoms with van der Waals surface area (Å²) < 4.78 is 43.8. The largest absolute Gasteiger partial charge is 0.456 e. The summed E-state index contributed by atoms with van der Waals surface area (Å²) >= 11 is 9.10. The van der Waals surface area contributed by atoms with Gasteiger partial charge in [-0.05, 0) is 48.9 Å². The molecule has 2 aromatic carbocycles. The smallest absolute Gasteiger partial charge is 0.416 e. The Bertz CT molecular complexity index is 641. The molecule has 2 rings (SSSR count). The normalized spacial score (nSPS) is 11.5. The van der Waals surface area contributed by atoms with E-state index in [0.717, 1.165) is 16.6 Å². The Morgan fingerprint density at radius 1 is 1.10 bits per heavy atom. The van der Waals surface area contributed by atoms with Crippen molar-refractivity contribution in [1.29, 1.82) is 0 Å². The first kappa shape index (κ1) is 15.2. The Labute approximate surface area is 127 Å². The molecule has 105 valence electrons. The SMILES string of the molecule is [CH2]c1cc(Oc2ccc(C(F)(F)F)cc2Cl)ccc1Br. The van der Waals surface area contributed by atoms with E-state index in [-0.39, 0.29) is 10.8 Å². The van der Waals surface area contributed by atoms with Gasteiger partial charge >= 0.3 is 6.18 Å². The Morgan fingerprint density at radius 3 is 2.35 bits per heavy atom. The lowest BCUT2D eigenvalue weighted by Gasteiger charge is -2.11. The van der Waals surface area contributed by atoms with Crippen molar-refractivity contribution in [2.75, 3.05) is 0 Å². The molecule has 6 heteroatoms. The fraction of sp³-hybridized carbons (Fsp3) is 0.0714. The first-order valence-electron chi connectivity index (χ1n) is 5.43. The zero-order valence-corrected chi connectivity index (χ0v) is 12.3. The van der Waals surface area contributed by atoms with Crippen LogP contribution in [0.5, 0.6) is 11.5 Å². The molecule has 0 aliphatic rings. The highest BCUT2D eigenvalue weighted by molar-refractivity contribution is 9.10. The fourth-order valence-electron chi connectivity index (χ4n) is 1.50. The third kappa shape index (κ3) is 3.46. The van der Waals surface area contributed by atoms with Crippen LogP contribution in [0.4, 0.5) is 13.2 Å². The topological polar surface area (TPSA) is 9.23 Å². The lowest BCUT2D eigenvalue weighted by atomic mass is 10.2. The van der Waals surface area contributed by atoms with Crippen molar-refractivity contribution in [2.45, 2.75) is 6.18 Å². The molecule has 2 aromatic rings. The highest BCUT2D eigenvalue weighted by Crippen LogP contribution is 2.36. The van der Waals surface area contributed by atoms with Crippen LogP contribution < -0.4 is 4.74 Å². The van der Waals surface area contributed by atoms with E-state index in [1.807, 2.05) is 0 Å². The molecular weight excluding hydrogens is 357 g/mol. The minimum absolute atomic E-state index is 0.103. The lowest BCUT2D eigenvalue weighted by molar-refractivity contribution is -0.137. The zero-order valence-electron chi connectivity index (χ0n) is 9.97. The molecule has 0 atom stereocenters. The van der Waals surface area contributed by atoms with E-state index in [9.17, 15) is 13.2 Å². The van der Waals surface area contributed by atoms with Crippen molar-refractivity contribution in [3.8, 4) is 11.5 Å². The highest BCUT2D eigenvalue weighted by Gasteiger charge is 2.31. The van der Waals surface area contributed by atoms with Gasteiger partial charge in [0.05, 0.1) is 10.6 Å². The van der Waals surface area contributed by atoms with E-state index in [0.29, 0.717) is 11.3 Å². The Kier molecular flexibility index (Phi) is 4.30. The second-order valence-electron chi connectivity index (χ2n) is 4.00. The molecule has 0 saturated carbocycles. The van der Waals surface area contributed by atoms with Crippen LogP contribution in [-0.4, -0.2) is 0 Å². The molecule has 0 saturated heterocycles. The van der Waals surface area contributed by atoms with Crippen LogP contribution >= 0.6 is 27.5 Å². The van der Waals surface area contributed by atoms with Crippen LogP contribution in [0.25, 0.3) is 0 Å². The number of rotatable bonds is 2. The van der Waals surface area contributed by atoms with Crippen molar-refractivity contribution in [3.05, 3.63) is 63.9 Å². The van der Waals surface area contributed by atoms with Crippen molar-refractivity contribution in [2.24, 2.45) is 0 Å². The summed E-state index contributed by atoms with van der Waals surface area (Å²) in [5, 5.41) is -0.103. The van der Waals surface area contributed by atoms with E-state index in [1.165, 1.54) is 6.07 Å². The van der Waals surface area contributed by atoms with Gasteiger partial charge < -0.3 is 4.74 Å². The summed E-state index contributed by atoms with van der Waals surface area (Å²) in [6.07, 6.45) is -4.43. The first-order valence-corrected chi connectivity index (χ1v) is 6.60. The van der Waals surface area contributed by atoms with Gasteiger partial charge in [0, 0.05) is 4.47 Å². The first-order chi connectivity index (χ1) is 9.27. The molecule has 0 spiro atoms. The predicted octanol–water partition coefficient (Wildman–Crippen LogP) is 6.10. The molecule has 0 bridgehead atoms. The Balaban J connectivity index is 2.28. The van der Waals surface area contributed by atoms with Crippen LogP contribution in [0.1, 0.15) is 11.1 Å². The van der Waals surface area contributed by atoms with Crippen LogP contribution in [0.2, 0.25) is 5.02 Å². The quantitative estimate of drug-likeness (QED) is 0.626. The van der Waals surface area contributed by atoms with Gasteiger partial charge in [-0.1, -0.05) is 27.5 Å². The number of hydrogen-bond donors (Lipinski definition) is 0. The minimum Gasteiger partial charge on any atom is -0.456 e. The summed E-state index contributed by atoms with van der Waals surface area (Å²) in [7, 11) is 0. The van der Waals surface area contributed by atoms with E-state index in [4.69, 9.17) is 16.3 Å². The maximum Gasteiger partial charge on any atom is 0.416 e. The van der Waals surface area contributed by atoms with Crippen LogP contribution in [0.15, 0.2) is 40.9 Å². The van der Waals surface area contributed by atoms with E-state index in [2.05, 4.69) is 22.9 Å². The van der Waals surface area contributed by atoms with Gasteiger partial charge in [-0.25, -0.2) is 0 Å². The maximum absolute atomic E-state index is 12.5. The molecule has 1 nitrogen and oxygen atoms in total. The fourth-order valence-corrected chi connectivity index (χ4v) is 1.97. The highest BCUT2D eigenvalue weighted by atomic mass is 79.9. The second kappa shape index (κ2) is 5.66. The third-order valence-electron chi connectivity index (χ3n) is 2.50. The van der Waals surface area contributed by atoms with Gasteiger partial charge in [0.15, 0.2) is 0 Å². The molecule has 0 heterocycles. The average molecular weight is 365 g/mol. The van der Waals surface area contributed by atoms with E-state index in [1.54, 1.807) is 18.2 Å². The average Bonchev–Trinajstić information content (AvgIpc) is 2.35. The molecule has 0 aliphatic carbocycles. The van der Waals surface area contributed by atoms with E-state index >= 15 is 0 Å². The number of alkyl halides is 3. The molecule has 0 aliphatic heterocycles. The van der Waals surface area contributed by atoms with Gasteiger partial charge in [-0.3, -0.25) is 0 Å². The number of halogens is 5. The molecule has 1 radical (unpaired) electrons. The maximum atomic E-state index is 12.5. The molecule has 0 fully saturated rings. The van der Waals surface area contributed by atoms with Crippen molar-refractivity contribution >= 4 is 27.5 Å². The molecular formula is C14H8BrClF3O. The third-order valence-corrected chi connectivity index (χ3v) is 3.57. The number of ether oxygens (including phenoxy) is 1. The minimum atomic E-state index is -4.43. The summed E-state index contributed by atoms with van der Waals surface area (Å²) in [5.74, 6) is 0.598. The molecule has 0 aromatic heterocycles. The predicted molar refractivity (Wildman–Crippen MR) is 75.1 cm³/mol. The number of benzene rings is 2. The van der Waals surface area contributed by atoms with Crippen molar-refractivity contribution in [1.82, 2.24) is 0 Å². The van der Waals surface area contributed by atoms with Crippen molar-refractivity contribution in [3.63, 3.8) is 0 Å². The summed E-state index contributed by atoms with van der Waals surface area (Å²) in [6, 6.07) is 7.99. The Morgan fingerprint density at radius 2 is 1.80 bits per heavy atom. The van der Waals surface area contributed by atoms with Gasteiger partial charge in [0.2, 0.25) is 0 Å². The second-order valence-corrected chi connectivity index (χ2v) is 5.26. The molecule has 0 unspecified atom stereocenters. The summed E-state index contributed by atoms with van der Waals surface area (Å²) in [5.41, 5.74) is -0.117. The van der Waals surface area contributed by atoms with Gasteiger partial charge in [-0.15, -0.1) is 0 Å². The van der Waals surface area contributed by atoms with Crippen LogP contribution in [0.3, 0.4) is 0 Å². The molecule has 20 heavy (non-hydrogen) atoms. The van der Waals surface area contributed by atoms with E-state index < -0.39 is 11.7 Å². The van der Waals surface area contributed by atoms with Gasteiger partial charge in [0.1, 0.15) is 11.5 Å². The zero-order chi connectivity index (χ0) is 14.9.